The lowest BCUT2D eigenvalue weighted by Gasteiger charge is -2.16. The zero-order valence-corrected chi connectivity index (χ0v) is 10.0. The Morgan fingerprint density at radius 2 is 2.13 bits per heavy atom. The van der Waals surface area contributed by atoms with Gasteiger partial charge in [0.2, 0.25) is 0 Å². The standard InChI is InChI=1S/C14H21N/c1-5-6-7-13(4)15-14-9-8-11(2)10-12(14)3/h5,8-10,13,15H,1,6-7H2,2-4H3. The van der Waals surface area contributed by atoms with Gasteiger partial charge in [0.05, 0.1) is 0 Å². The Bertz CT molecular complexity index is 328. The molecule has 0 aliphatic carbocycles. The molecular weight excluding hydrogens is 182 g/mol. The summed E-state index contributed by atoms with van der Waals surface area (Å²) < 4.78 is 0. The van der Waals surface area contributed by atoms with Gasteiger partial charge in [0.15, 0.2) is 0 Å². The van der Waals surface area contributed by atoms with Crippen molar-refractivity contribution < 1.29 is 0 Å². The van der Waals surface area contributed by atoms with Crippen LogP contribution in [0.5, 0.6) is 0 Å². The van der Waals surface area contributed by atoms with E-state index in [1.807, 2.05) is 6.08 Å². The number of nitrogens with one attached hydrogen (secondary N) is 1. The van der Waals surface area contributed by atoms with Crippen LogP contribution in [-0.2, 0) is 0 Å². The lowest BCUT2D eigenvalue weighted by atomic mass is 10.1. The summed E-state index contributed by atoms with van der Waals surface area (Å²) in [5.41, 5.74) is 3.88. The second-order valence-corrected chi connectivity index (χ2v) is 4.23. The van der Waals surface area contributed by atoms with Gasteiger partial charge in [0, 0.05) is 11.7 Å². The third kappa shape index (κ3) is 3.78. The summed E-state index contributed by atoms with van der Waals surface area (Å²) in [7, 11) is 0. The van der Waals surface area contributed by atoms with Crippen molar-refractivity contribution >= 4 is 5.69 Å². The predicted molar refractivity (Wildman–Crippen MR) is 68.4 cm³/mol. The lowest BCUT2D eigenvalue weighted by molar-refractivity contribution is 0.718. The SMILES string of the molecule is C=CCCC(C)Nc1ccc(C)cc1C. The molecule has 1 aromatic carbocycles. The number of rotatable bonds is 5. The molecule has 15 heavy (non-hydrogen) atoms. The third-order valence-corrected chi connectivity index (χ3v) is 2.59. The first-order valence-corrected chi connectivity index (χ1v) is 5.58. The molecule has 0 amide bonds. The highest BCUT2D eigenvalue weighted by Crippen LogP contribution is 2.17. The van der Waals surface area contributed by atoms with Crippen molar-refractivity contribution in [3.8, 4) is 0 Å². The van der Waals surface area contributed by atoms with Crippen molar-refractivity contribution in [1.29, 1.82) is 0 Å². The highest BCUT2D eigenvalue weighted by molar-refractivity contribution is 5.52. The van der Waals surface area contributed by atoms with Crippen LogP contribution in [0.2, 0.25) is 0 Å². The quantitative estimate of drug-likeness (QED) is 0.711. The van der Waals surface area contributed by atoms with Gasteiger partial charge in [0.25, 0.3) is 0 Å². The largest absolute Gasteiger partial charge is 0.382 e. The summed E-state index contributed by atoms with van der Waals surface area (Å²) in [4.78, 5) is 0. The molecule has 0 aromatic heterocycles. The number of hydrogen-bond donors (Lipinski definition) is 1. The molecule has 1 aromatic rings. The minimum atomic E-state index is 0.504. The Hall–Kier alpha value is -1.24. The minimum absolute atomic E-state index is 0.504. The topological polar surface area (TPSA) is 12.0 Å². The van der Waals surface area contributed by atoms with Gasteiger partial charge in [-0.25, -0.2) is 0 Å². The van der Waals surface area contributed by atoms with E-state index >= 15 is 0 Å². The Kier molecular flexibility index (Phi) is 4.41. The van der Waals surface area contributed by atoms with Crippen molar-refractivity contribution in [2.75, 3.05) is 5.32 Å². The summed E-state index contributed by atoms with van der Waals surface area (Å²) >= 11 is 0. The number of hydrogen-bond acceptors (Lipinski definition) is 1. The first-order chi connectivity index (χ1) is 7.13. The van der Waals surface area contributed by atoms with Gasteiger partial charge >= 0.3 is 0 Å². The van der Waals surface area contributed by atoms with E-state index in [2.05, 4.69) is 50.9 Å². The molecule has 1 N–H and O–H groups in total. The second-order valence-electron chi connectivity index (χ2n) is 4.23. The molecular formula is C14H21N. The van der Waals surface area contributed by atoms with Gasteiger partial charge in [-0.2, -0.15) is 0 Å². The molecule has 1 rings (SSSR count). The molecule has 1 atom stereocenters. The highest BCUT2D eigenvalue weighted by Gasteiger charge is 2.03. The van der Waals surface area contributed by atoms with E-state index in [-0.39, 0.29) is 0 Å². The molecule has 0 heterocycles. The average molecular weight is 203 g/mol. The summed E-state index contributed by atoms with van der Waals surface area (Å²) in [6, 6.07) is 7.03. The molecule has 1 heteroatoms. The van der Waals surface area contributed by atoms with Crippen LogP contribution >= 0.6 is 0 Å². The fourth-order valence-corrected chi connectivity index (χ4v) is 1.68. The fourth-order valence-electron chi connectivity index (χ4n) is 1.68. The predicted octanol–water partition coefficient (Wildman–Crippen LogP) is 4.07. The number of aryl methyl sites for hydroxylation is 2. The van der Waals surface area contributed by atoms with Gasteiger partial charge in [-0.15, -0.1) is 6.58 Å². The van der Waals surface area contributed by atoms with Crippen molar-refractivity contribution in [1.82, 2.24) is 0 Å². The van der Waals surface area contributed by atoms with E-state index in [4.69, 9.17) is 0 Å². The van der Waals surface area contributed by atoms with Crippen molar-refractivity contribution in [3.63, 3.8) is 0 Å². The maximum atomic E-state index is 3.74. The summed E-state index contributed by atoms with van der Waals surface area (Å²) in [5.74, 6) is 0. The van der Waals surface area contributed by atoms with Crippen LogP contribution in [0.25, 0.3) is 0 Å². The molecule has 0 saturated heterocycles. The van der Waals surface area contributed by atoms with E-state index < -0.39 is 0 Å². The first kappa shape index (κ1) is 11.8. The van der Waals surface area contributed by atoms with Gasteiger partial charge in [-0.1, -0.05) is 23.8 Å². The van der Waals surface area contributed by atoms with Crippen LogP contribution in [0.1, 0.15) is 30.9 Å². The monoisotopic (exact) mass is 203 g/mol. The zero-order valence-electron chi connectivity index (χ0n) is 10.0. The number of benzene rings is 1. The first-order valence-electron chi connectivity index (χ1n) is 5.58. The molecule has 0 fully saturated rings. The van der Waals surface area contributed by atoms with Crippen molar-refractivity contribution in [2.45, 2.75) is 39.7 Å². The molecule has 0 radical (unpaired) electrons. The molecule has 1 unspecified atom stereocenters. The number of allylic oxidation sites excluding steroid dienone is 1. The van der Waals surface area contributed by atoms with E-state index in [9.17, 15) is 0 Å². The van der Waals surface area contributed by atoms with E-state index in [1.54, 1.807) is 0 Å². The third-order valence-electron chi connectivity index (χ3n) is 2.59. The van der Waals surface area contributed by atoms with Crippen LogP contribution in [0, 0.1) is 13.8 Å². The molecule has 1 nitrogen and oxygen atoms in total. The van der Waals surface area contributed by atoms with Crippen LogP contribution in [0.15, 0.2) is 30.9 Å². The van der Waals surface area contributed by atoms with E-state index in [0.717, 1.165) is 12.8 Å². The maximum absolute atomic E-state index is 3.74. The molecule has 82 valence electrons. The van der Waals surface area contributed by atoms with Crippen molar-refractivity contribution in [3.05, 3.63) is 42.0 Å². The van der Waals surface area contributed by atoms with Gasteiger partial charge in [0.1, 0.15) is 0 Å². The van der Waals surface area contributed by atoms with Gasteiger partial charge < -0.3 is 5.32 Å². The van der Waals surface area contributed by atoms with Crippen LogP contribution < -0.4 is 5.32 Å². The van der Waals surface area contributed by atoms with E-state index in [0.29, 0.717) is 6.04 Å². The Morgan fingerprint density at radius 3 is 2.73 bits per heavy atom. The summed E-state index contributed by atoms with van der Waals surface area (Å²) in [5, 5.41) is 3.52. The summed E-state index contributed by atoms with van der Waals surface area (Å²) in [6.45, 7) is 10.2. The lowest BCUT2D eigenvalue weighted by Crippen LogP contribution is -2.15. The normalized spacial score (nSPS) is 12.2. The molecule has 0 aliphatic heterocycles. The second kappa shape index (κ2) is 5.59. The van der Waals surface area contributed by atoms with Crippen molar-refractivity contribution in [2.24, 2.45) is 0 Å². The fraction of sp³-hybridized carbons (Fsp3) is 0.429. The maximum Gasteiger partial charge on any atom is 0.0372 e. The smallest absolute Gasteiger partial charge is 0.0372 e. The number of anilines is 1. The van der Waals surface area contributed by atoms with Crippen LogP contribution in [0.3, 0.4) is 0 Å². The highest BCUT2D eigenvalue weighted by atomic mass is 14.9. The van der Waals surface area contributed by atoms with Crippen LogP contribution in [-0.4, -0.2) is 6.04 Å². The Labute approximate surface area is 93.2 Å². The zero-order chi connectivity index (χ0) is 11.3. The van der Waals surface area contributed by atoms with Crippen LogP contribution in [0.4, 0.5) is 5.69 Å². The van der Waals surface area contributed by atoms with Gasteiger partial charge in [-0.3, -0.25) is 0 Å². The molecule has 0 spiro atoms. The minimum Gasteiger partial charge on any atom is -0.382 e. The summed E-state index contributed by atoms with van der Waals surface area (Å²) in [6.07, 6.45) is 4.18. The van der Waals surface area contributed by atoms with Gasteiger partial charge in [-0.05, 0) is 45.2 Å². The Balaban J connectivity index is 2.59. The Morgan fingerprint density at radius 1 is 1.40 bits per heavy atom. The molecule has 0 bridgehead atoms. The molecule has 0 saturated carbocycles. The van der Waals surface area contributed by atoms with E-state index in [1.165, 1.54) is 16.8 Å². The average Bonchev–Trinajstić information content (AvgIpc) is 2.19. The molecule has 0 aliphatic rings.